The summed E-state index contributed by atoms with van der Waals surface area (Å²) in [5.74, 6) is -1.28. The number of hydrogen-bond donors (Lipinski definition) is 0. The van der Waals surface area contributed by atoms with Gasteiger partial charge in [0.1, 0.15) is 16.9 Å². The number of likely N-dealkylation sites (N-methyl/N-ethyl adjacent to an activating group) is 1. The summed E-state index contributed by atoms with van der Waals surface area (Å²) >= 11 is 10.2. The van der Waals surface area contributed by atoms with Gasteiger partial charge in [0.05, 0.1) is 20.9 Å². The standard InChI is InChI=1S/C20H24BrClF2N4O2S/c1-9-7-28(19(29)30-20(2,3)4)8-10(9)27(5)17-11-14(23)13(22)12(21)15(24)16(11)25-18(26-17)31-6/h9-10H,7-8H2,1-6H3. The van der Waals surface area contributed by atoms with Gasteiger partial charge < -0.3 is 14.5 Å². The van der Waals surface area contributed by atoms with E-state index >= 15 is 4.39 Å². The molecule has 1 amide bonds. The molecule has 1 aliphatic heterocycles. The lowest BCUT2D eigenvalue weighted by Crippen LogP contribution is -2.40. The SMILES string of the molecule is CSc1nc(N(C)C2CN(C(=O)OC(C)(C)C)CC2C)c2c(F)c(Cl)c(Br)c(F)c2n1. The van der Waals surface area contributed by atoms with Crippen LogP contribution in [0.1, 0.15) is 27.7 Å². The zero-order valence-electron chi connectivity index (χ0n) is 18.1. The van der Waals surface area contributed by atoms with Gasteiger partial charge in [-0.25, -0.2) is 23.5 Å². The van der Waals surface area contributed by atoms with Gasteiger partial charge in [0.2, 0.25) is 0 Å². The molecule has 0 radical (unpaired) electrons. The number of ether oxygens (including phenoxy) is 1. The fourth-order valence-corrected chi connectivity index (χ4v) is 4.53. The third-order valence-corrected chi connectivity index (χ3v) is 6.99. The lowest BCUT2D eigenvalue weighted by Gasteiger charge is -2.30. The Morgan fingerprint density at radius 3 is 2.52 bits per heavy atom. The molecule has 2 heterocycles. The molecule has 6 nitrogen and oxygen atoms in total. The Kier molecular flexibility index (Phi) is 6.93. The maximum absolute atomic E-state index is 15.1. The smallest absolute Gasteiger partial charge is 0.410 e. The van der Waals surface area contributed by atoms with Crippen molar-refractivity contribution in [3.05, 3.63) is 21.1 Å². The van der Waals surface area contributed by atoms with Gasteiger partial charge in [-0.15, -0.1) is 0 Å². The number of carbonyl (C=O) groups is 1. The first-order valence-corrected chi connectivity index (χ1v) is 12.0. The van der Waals surface area contributed by atoms with E-state index in [0.29, 0.717) is 18.2 Å². The highest BCUT2D eigenvalue weighted by Gasteiger charge is 2.38. The largest absolute Gasteiger partial charge is 0.444 e. The number of nitrogens with zero attached hydrogens (tertiary/aromatic N) is 4. The van der Waals surface area contributed by atoms with Crippen LogP contribution in [0.25, 0.3) is 10.9 Å². The maximum Gasteiger partial charge on any atom is 0.410 e. The van der Waals surface area contributed by atoms with Crippen LogP contribution in [0.2, 0.25) is 5.02 Å². The third kappa shape index (κ3) is 4.71. The number of aromatic nitrogens is 2. The number of fused-ring (bicyclic) bond motifs is 1. The number of likely N-dealkylation sites (tertiary alicyclic amines) is 1. The zero-order valence-corrected chi connectivity index (χ0v) is 21.3. The van der Waals surface area contributed by atoms with Gasteiger partial charge in [0, 0.05) is 20.1 Å². The van der Waals surface area contributed by atoms with Crippen molar-refractivity contribution < 1.29 is 18.3 Å². The monoisotopic (exact) mass is 536 g/mol. The topological polar surface area (TPSA) is 58.6 Å². The molecule has 0 N–H and O–H groups in total. The van der Waals surface area contributed by atoms with Crippen LogP contribution in [-0.2, 0) is 4.74 Å². The van der Waals surface area contributed by atoms with Crippen molar-refractivity contribution >= 4 is 62.1 Å². The van der Waals surface area contributed by atoms with Gasteiger partial charge in [-0.2, -0.15) is 0 Å². The molecule has 1 aromatic carbocycles. The number of carbonyl (C=O) groups excluding carboxylic acids is 1. The van der Waals surface area contributed by atoms with Gasteiger partial charge in [-0.3, -0.25) is 0 Å². The summed E-state index contributed by atoms with van der Waals surface area (Å²) in [6, 6.07) is -0.190. The summed E-state index contributed by atoms with van der Waals surface area (Å²) in [5, 5.41) is -0.152. The van der Waals surface area contributed by atoms with Crippen LogP contribution in [0.3, 0.4) is 0 Å². The minimum atomic E-state index is -0.797. The van der Waals surface area contributed by atoms with Crippen LogP contribution in [-0.4, -0.2) is 59.0 Å². The number of rotatable bonds is 3. The van der Waals surface area contributed by atoms with Crippen molar-refractivity contribution in [2.45, 2.75) is 44.5 Å². The average molecular weight is 538 g/mol. The molecule has 1 fully saturated rings. The second-order valence-electron chi connectivity index (χ2n) is 8.55. The Balaban J connectivity index is 2.04. The second-order valence-corrected chi connectivity index (χ2v) is 10.5. The van der Waals surface area contributed by atoms with E-state index in [2.05, 4.69) is 25.9 Å². The van der Waals surface area contributed by atoms with E-state index in [9.17, 15) is 9.18 Å². The average Bonchev–Trinajstić information content (AvgIpc) is 3.09. The molecule has 2 aromatic rings. The number of thioether (sulfide) groups is 1. The first-order valence-electron chi connectivity index (χ1n) is 9.64. The third-order valence-electron chi connectivity index (χ3n) is 5.11. The molecular weight excluding hydrogens is 514 g/mol. The minimum Gasteiger partial charge on any atom is -0.444 e. The van der Waals surface area contributed by atoms with Crippen molar-refractivity contribution in [1.29, 1.82) is 0 Å². The molecule has 0 saturated carbocycles. The molecule has 31 heavy (non-hydrogen) atoms. The first-order chi connectivity index (χ1) is 14.4. The van der Waals surface area contributed by atoms with Gasteiger partial charge in [0.15, 0.2) is 16.8 Å². The summed E-state index contributed by atoms with van der Waals surface area (Å²) in [5.41, 5.74) is -0.754. The van der Waals surface area contributed by atoms with Crippen LogP contribution in [0.15, 0.2) is 9.63 Å². The van der Waals surface area contributed by atoms with E-state index < -0.39 is 23.3 Å². The lowest BCUT2D eigenvalue weighted by atomic mass is 10.0. The Labute approximate surface area is 197 Å². The zero-order chi connectivity index (χ0) is 23.2. The van der Waals surface area contributed by atoms with Gasteiger partial charge in [0.25, 0.3) is 0 Å². The van der Waals surface area contributed by atoms with Crippen LogP contribution in [0, 0.1) is 17.6 Å². The van der Waals surface area contributed by atoms with Crippen LogP contribution in [0.4, 0.5) is 19.4 Å². The van der Waals surface area contributed by atoms with E-state index in [0.717, 1.165) is 0 Å². The molecular formula is C20H24BrClF2N4O2S. The summed E-state index contributed by atoms with van der Waals surface area (Å²) in [6.07, 6.45) is 1.35. The van der Waals surface area contributed by atoms with Crippen molar-refractivity contribution in [2.24, 2.45) is 5.92 Å². The molecule has 0 bridgehead atoms. The predicted octanol–water partition coefficient (Wildman–Crippen LogP) is 5.74. The number of hydrogen-bond acceptors (Lipinski definition) is 6. The fourth-order valence-electron chi connectivity index (χ4n) is 3.63. The van der Waals surface area contributed by atoms with E-state index in [4.69, 9.17) is 16.3 Å². The highest BCUT2D eigenvalue weighted by molar-refractivity contribution is 9.10. The van der Waals surface area contributed by atoms with E-state index in [1.807, 2.05) is 27.7 Å². The normalized spacial score (nSPS) is 19.2. The minimum absolute atomic E-state index is 0.0408. The molecule has 1 saturated heterocycles. The molecule has 2 unspecified atom stereocenters. The number of amides is 1. The van der Waals surface area contributed by atoms with Crippen molar-refractivity contribution in [3.8, 4) is 0 Å². The van der Waals surface area contributed by atoms with Gasteiger partial charge >= 0.3 is 6.09 Å². The maximum atomic E-state index is 15.1. The summed E-state index contributed by atoms with van der Waals surface area (Å²) in [4.78, 5) is 24.5. The number of halogens is 4. The Hall–Kier alpha value is -1.39. The lowest BCUT2D eigenvalue weighted by molar-refractivity contribution is 0.0287. The molecule has 3 rings (SSSR count). The fraction of sp³-hybridized carbons (Fsp3) is 0.550. The molecule has 1 aromatic heterocycles. The number of benzene rings is 1. The Morgan fingerprint density at radius 2 is 1.94 bits per heavy atom. The van der Waals surface area contributed by atoms with E-state index in [1.165, 1.54) is 11.8 Å². The predicted molar refractivity (Wildman–Crippen MR) is 123 cm³/mol. The Bertz CT molecular complexity index is 1040. The molecule has 0 aliphatic carbocycles. The highest BCUT2D eigenvalue weighted by atomic mass is 79.9. The van der Waals surface area contributed by atoms with E-state index in [-0.39, 0.29) is 38.2 Å². The van der Waals surface area contributed by atoms with Crippen LogP contribution >= 0.6 is 39.3 Å². The van der Waals surface area contributed by atoms with Crippen molar-refractivity contribution in [3.63, 3.8) is 0 Å². The summed E-state index contributed by atoms with van der Waals surface area (Å²) < 4.78 is 35.3. The van der Waals surface area contributed by atoms with Crippen LogP contribution in [0.5, 0.6) is 0 Å². The van der Waals surface area contributed by atoms with Gasteiger partial charge in [-0.05, 0) is 48.9 Å². The van der Waals surface area contributed by atoms with E-state index in [1.54, 1.807) is 23.1 Å². The molecule has 11 heteroatoms. The number of anilines is 1. The molecule has 1 aliphatic rings. The molecule has 2 atom stereocenters. The van der Waals surface area contributed by atoms with Crippen molar-refractivity contribution in [1.82, 2.24) is 14.9 Å². The van der Waals surface area contributed by atoms with Gasteiger partial charge in [-0.1, -0.05) is 30.3 Å². The Morgan fingerprint density at radius 1 is 1.29 bits per heavy atom. The van der Waals surface area contributed by atoms with Crippen molar-refractivity contribution in [2.75, 3.05) is 31.3 Å². The van der Waals surface area contributed by atoms with Crippen LogP contribution < -0.4 is 4.90 Å². The highest BCUT2D eigenvalue weighted by Crippen LogP contribution is 2.40. The second kappa shape index (κ2) is 8.86. The summed E-state index contributed by atoms with van der Waals surface area (Å²) in [6.45, 7) is 8.26. The quantitative estimate of drug-likeness (QED) is 0.215. The summed E-state index contributed by atoms with van der Waals surface area (Å²) in [7, 11) is 1.75. The molecule has 170 valence electrons. The molecule has 0 spiro atoms. The first kappa shape index (κ1) is 24.3.